The van der Waals surface area contributed by atoms with Crippen LogP contribution in [0.5, 0.6) is 0 Å². The van der Waals surface area contributed by atoms with Gasteiger partial charge >= 0.3 is 0 Å². The van der Waals surface area contributed by atoms with Gasteiger partial charge in [-0.25, -0.2) is 0 Å². The second kappa shape index (κ2) is 10.2. The highest BCUT2D eigenvalue weighted by atomic mass is 16.5. The van der Waals surface area contributed by atoms with Crippen molar-refractivity contribution in [3.8, 4) is 0 Å². The highest BCUT2D eigenvalue weighted by molar-refractivity contribution is 4.78. The Labute approximate surface area is 155 Å². The largest absolute Gasteiger partial charge is 0.380 e. The van der Waals surface area contributed by atoms with Crippen LogP contribution in [0.15, 0.2) is 0 Å². The Morgan fingerprint density at radius 2 is 1.28 bits per heavy atom. The van der Waals surface area contributed by atoms with Crippen molar-refractivity contribution in [2.45, 2.75) is 46.0 Å². The van der Waals surface area contributed by atoms with Gasteiger partial charge in [-0.2, -0.15) is 0 Å². The van der Waals surface area contributed by atoms with Gasteiger partial charge in [0.05, 0.1) is 6.61 Å². The fraction of sp³-hybridized carbons (Fsp3) is 1.00. The Hall–Kier alpha value is -0.160. The molecule has 25 heavy (non-hydrogen) atoms. The molecule has 2 atom stereocenters. The van der Waals surface area contributed by atoms with Crippen LogP contribution in [0.25, 0.3) is 0 Å². The van der Waals surface area contributed by atoms with Crippen molar-refractivity contribution in [3.63, 3.8) is 0 Å². The molecule has 1 saturated carbocycles. The Bertz CT molecular complexity index is 352. The molecule has 4 nitrogen and oxygen atoms in total. The molecule has 0 amide bonds. The van der Waals surface area contributed by atoms with Crippen molar-refractivity contribution in [3.05, 3.63) is 0 Å². The lowest BCUT2D eigenvalue weighted by molar-refractivity contribution is 0.104. The second-order valence-corrected chi connectivity index (χ2v) is 9.06. The molecule has 3 aliphatic rings. The molecule has 146 valence electrons. The summed E-state index contributed by atoms with van der Waals surface area (Å²) in [6, 6.07) is 0. The summed E-state index contributed by atoms with van der Waals surface area (Å²) in [5, 5.41) is 0. The van der Waals surface area contributed by atoms with Gasteiger partial charge in [-0.1, -0.05) is 13.8 Å². The van der Waals surface area contributed by atoms with Crippen LogP contribution in [0.2, 0.25) is 0 Å². The smallest absolute Gasteiger partial charge is 0.0593 e. The minimum absolute atomic E-state index is 0.923. The third kappa shape index (κ3) is 6.82. The molecule has 0 aromatic rings. The molecule has 0 bridgehead atoms. The monoisotopic (exact) mass is 351 g/mol. The highest BCUT2D eigenvalue weighted by Crippen LogP contribution is 2.34. The van der Waals surface area contributed by atoms with Crippen LogP contribution in [-0.2, 0) is 4.74 Å². The number of hydrogen-bond acceptors (Lipinski definition) is 4. The molecular formula is C21H41N3O. The molecule has 0 radical (unpaired) electrons. The number of rotatable bonds is 6. The Morgan fingerprint density at radius 3 is 1.96 bits per heavy atom. The number of nitrogens with zero attached hydrogens (tertiary/aromatic N) is 3. The maximum Gasteiger partial charge on any atom is 0.0593 e. The van der Waals surface area contributed by atoms with E-state index in [-0.39, 0.29) is 0 Å². The maximum atomic E-state index is 5.56. The van der Waals surface area contributed by atoms with Gasteiger partial charge in [0.25, 0.3) is 0 Å². The normalized spacial score (nSPS) is 34.1. The molecule has 2 heterocycles. The SMILES string of the molecule is CC1CC(C)CC(CCN2CCN(CCN3CCCOCC3)CC2)C1. The van der Waals surface area contributed by atoms with Crippen molar-refractivity contribution < 1.29 is 4.74 Å². The van der Waals surface area contributed by atoms with Crippen molar-refractivity contribution in [2.24, 2.45) is 17.8 Å². The molecule has 3 rings (SSSR count). The van der Waals surface area contributed by atoms with Gasteiger partial charge in [0.1, 0.15) is 0 Å². The quantitative estimate of drug-likeness (QED) is 0.732. The second-order valence-electron chi connectivity index (χ2n) is 9.06. The maximum absolute atomic E-state index is 5.56. The van der Waals surface area contributed by atoms with Crippen LogP contribution in [-0.4, -0.2) is 86.8 Å². The average molecular weight is 352 g/mol. The summed E-state index contributed by atoms with van der Waals surface area (Å²) < 4.78 is 5.56. The van der Waals surface area contributed by atoms with Gasteiger partial charge in [0.2, 0.25) is 0 Å². The van der Waals surface area contributed by atoms with Crippen molar-refractivity contribution >= 4 is 0 Å². The molecule has 0 aromatic heterocycles. The topological polar surface area (TPSA) is 19.0 Å². The fourth-order valence-corrected chi connectivity index (χ4v) is 5.26. The third-order valence-corrected chi connectivity index (χ3v) is 6.64. The fourth-order valence-electron chi connectivity index (χ4n) is 5.26. The van der Waals surface area contributed by atoms with E-state index in [0.29, 0.717) is 0 Å². The van der Waals surface area contributed by atoms with Crippen molar-refractivity contribution in [1.82, 2.24) is 14.7 Å². The molecule has 4 heteroatoms. The summed E-state index contributed by atoms with van der Waals surface area (Å²) >= 11 is 0. The predicted octanol–water partition coefficient (Wildman–Crippen LogP) is 2.79. The standard InChI is InChI=1S/C21H41N3O/c1-19-16-20(2)18-21(17-19)4-6-23-8-11-24(12-9-23)10-7-22-5-3-14-25-15-13-22/h19-21H,3-18H2,1-2H3. The zero-order valence-corrected chi connectivity index (χ0v) is 16.8. The van der Waals surface area contributed by atoms with E-state index in [1.54, 1.807) is 0 Å². The van der Waals surface area contributed by atoms with Crippen LogP contribution in [0.3, 0.4) is 0 Å². The Balaban J connectivity index is 1.28. The Morgan fingerprint density at radius 1 is 0.680 bits per heavy atom. The predicted molar refractivity (Wildman–Crippen MR) is 105 cm³/mol. The third-order valence-electron chi connectivity index (χ3n) is 6.64. The molecule has 0 N–H and O–H groups in total. The van der Waals surface area contributed by atoms with Crippen molar-refractivity contribution in [1.29, 1.82) is 0 Å². The van der Waals surface area contributed by atoms with E-state index in [9.17, 15) is 0 Å². The van der Waals surface area contributed by atoms with E-state index in [1.165, 1.54) is 84.5 Å². The summed E-state index contributed by atoms with van der Waals surface area (Å²) in [5.41, 5.74) is 0. The van der Waals surface area contributed by atoms with E-state index in [0.717, 1.165) is 37.5 Å². The lowest BCUT2D eigenvalue weighted by Gasteiger charge is -2.37. The van der Waals surface area contributed by atoms with Crippen LogP contribution in [0, 0.1) is 17.8 Å². The van der Waals surface area contributed by atoms with Crippen LogP contribution in [0.4, 0.5) is 0 Å². The molecule has 1 aliphatic carbocycles. The minimum atomic E-state index is 0.923. The first-order valence-corrected chi connectivity index (χ1v) is 10.9. The lowest BCUT2D eigenvalue weighted by Crippen LogP contribution is -2.49. The summed E-state index contributed by atoms with van der Waals surface area (Å²) in [4.78, 5) is 7.98. The summed E-state index contributed by atoms with van der Waals surface area (Å²) in [7, 11) is 0. The molecule has 3 fully saturated rings. The van der Waals surface area contributed by atoms with Gasteiger partial charge in [-0.15, -0.1) is 0 Å². The summed E-state index contributed by atoms with van der Waals surface area (Å²) in [5.74, 6) is 2.90. The first-order chi connectivity index (χ1) is 12.2. The molecule has 2 aliphatic heterocycles. The summed E-state index contributed by atoms with van der Waals surface area (Å²) in [6.45, 7) is 18.0. The zero-order valence-electron chi connectivity index (χ0n) is 16.8. The molecule has 2 unspecified atom stereocenters. The first kappa shape index (κ1) is 19.6. The molecule has 2 saturated heterocycles. The average Bonchev–Trinajstić information content (AvgIpc) is 2.87. The van der Waals surface area contributed by atoms with E-state index >= 15 is 0 Å². The van der Waals surface area contributed by atoms with Gasteiger partial charge in [0.15, 0.2) is 0 Å². The van der Waals surface area contributed by atoms with Gasteiger partial charge in [0, 0.05) is 59.0 Å². The van der Waals surface area contributed by atoms with Crippen LogP contribution in [0.1, 0.15) is 46.0 Å². The van der Waals surface area contributed by atoms with E-state index in [2.05, 4.69) is 28.5 Å². The van der Waals surface area contributed by atoms with Gasteiger partial charge in [-0.3, -0.25) is 9.80 Å². The van der Waals surface area contributed by atoms with Crippen LogP contribution < -0.4 is 0 Å². The van der Waals surface area contributed by atoms with Gasteiger partial charge in [-0.05, 0) is 56.4 Å². The lowest BCUT2D eigenvalue weighted by atomic mass is 9.75. The summed E-state index contributed by atoms with van der Waals surface area (Å²) in [6.07, 6.45) is 7.04. The zero-order chi connectivity index (χ0) is 17.5. The van der Waals surface area contributed by atoms with Crippen molar-refractivity contribution in [2.75, 3.05) is 72.1 Å². The minimum Gasteiger partial charge on any atom is -0.380 e. The molecular weight excluding hydrogens is 310 g/mol. The van der Waals surface area contributed by atoms with Gasteiger partial charge < -0.3 is 9.64 Å². The van der Waals surface area contributed by atoms with Crippen LogP contribution >= 0.6 is 0 Å². The first-order valence-electron chi connectivity index (χ1n) is 10.9. The number of piperazine rings is 1. The van der Waals surface area contributed by atoms with E-state index in [4.69, 9.17) is 4.74 Å². The highest BCUT2D eigenvalue weighted by Gasteiger charge is 2.25. The number of hydrogen-bond donors (Lipinski definition) is 0. The molecule has 0 spiro atoms. The van der Waals surface area contributed by atoms with E-state index < -0.39 is 0 Å². The van der Waals surface area contributed by atoms with E-state index in [1.807, 2.05) is 0 Å². The molecule has 0 aromatic carbocycles. The Kier molecular flexibility index (Phi) is 8.03. The number of ether oxygens (including phenoxy) is 1.